The van der Waals surface area contributed by atoms with Crippen molar-refractivity contribution in [2.75, 3.05) is 11.9 Å². The second-order valence-electron chi connectivity index (χ2n) is 6.05. The predicted molar refractivity (Wildman–Crippen MR) is 96.6 cm³/mol. The van der Waals surface area contributed by atoms with Crippen LogP contribution in [0.3, 0.4) is 0 Å². The summed E-state index contributed by atoms with van der Waals surface area (Å²) in [6, 6.07) is 16.8. The van der Waals surface area contributed by atoms with Crippen molar-refractivity contribution in [1.82, 2.24) is 0 Å². The van der Waals surface area contributed by atoms with Gasteiger partial charge in [-0.25, -0.2) is 0 Å². The van der Waals surface area contributed by atoms with Gasteiger partial charge in [0.15, 0.2) is 6.10 Å². The number of anilines is 1. The molecule has 4 heteroatoms. The molecule has 0 bridgehead atoms. The van der Waals surface area contributed by atoms with E-state index >= 15 is 0 Å². The smallest absolute Gasteiger partial charge is 0.265 e. The Morgan fingerprint density at radius 3 is 2.42 bits per heavy atom. The number of carbonyl (C=O) groups is 1. The van der Waals surface area contributed by atoms with E-state index in [9.17, 15) is 4.79 Å². The van der Waals surface area contributed by atoms with Crippen molar-refractivity contribution >= 4 is 11.6 Å². The van der Waals surface area contributed by atoms with Crippen molar-refractivity contribution in [3.8, 4) is 11.5 Å². The predicted octanol–water partition coefficient (Wildman–Crippen LogP) is 4.52. The van der Waals surface area contributed by atoms with Crippen LogP contribution in [0.2, 0.25) is 0 Å². The number of rotatable bonds is 8. The second-order valence-corrected chi connectivity index (χ2v) is 6.05. The lowest BCUT2D eigenvalue weighted by molar-refractivity contribution is -0.122. The molecule has 128 valence electrons. The molecule has 0 fully saturated rings. The van der Waals surface area contributed by atoms with E-state index in [2.05, 4.69) is 19.2 Å². The lowest BCUT2D eigenvalue weighted by atomic mass is 10.2. The van der Waals surface area contributed by atoms with Gasteiger partial charge in [0.1, 0.15) is 11.5 Å². The number of hydrogen-bond donors (Lipinski definition) is 1. The third-order valence-corrected chi connectivity index (χ3v) is 3.37. The number of nitrogens with one attached hydrogen (secondary N) is 1. The number of benzene rings is 2. The summed E-state index contributed by atoms with van der Waals surface area (Å²) in [5, 5.41) is 2.90. The zero-order valence-corrected chi connectivity index (χ0v) is 14.5. The third-order valence-electron chi connectivity index (χ3n) is 3.37. The Labute approximate surface area is 143 Å². The van der Waals surface area contributed by atoms with Crippen molar-refractivity contribution in [3.05, 3.63) is 54.6 Å². The number of para-hydroxylation sites is 1. The first-order valence-electron chi connectivity index (χ1n) is 8.34. The minimum atomic E-state index is -0.535. The molecule has 4 nitrogen and oxygen atoms in total. The Bertz CT molecular complexity index is 640. The SMILES string of the molecule is CCC(Oc1ccccc1)C(=O)Nc1cccc(OCC(C)C)c1. The van der Waals surface area contributed by atoms with Crippen molar-refractivity contribution < 1.29 is 14.3 Å². The minimum absolute atomic E-state index is 0.164. The van der Waals surface area contributed by atoms with Gasteiger partial charge < -0.3 is 14.8 Å². The van der Waals surface area contributed by atoms with Gasteiger partial charge in [0, 0.05) is 11.8 Å². The van der Waals surface area contributed by atoms with E-state index < -0.39 is 6.10 Å². The van der Waals surface area contributed by atoms with E-state index in [1.807, 2.05) is 61.5 Å². The lowest BCUT2D eigenvalue weighted by Crippen LogP contribution is -2.32. The van der Waals surface area contributed by atoms with Gasteiger partial charge in [-0.2, -0.15) is 0 Å². The molecule has 0 aromatic heterocycles. The van der Waals surface area contributed by atoms with E-state index in [-0.39, 0.29) is 5.91 Å². The second kappa shape index (κ2) is 8.96. The fourth-order valence-corrected chi connectivity index (χ4v) is 2.13. The first-order valence-corrected chi connectivity index (χ1v) is 8.34. The molecule has 24 heavy (non-hydrogen) atoms. The zero-order chi connectivity index (χ0) is 17.4. The molecule has 1 amide bonds. The molecule has 2 rings (SSSR count). The van der Waals surface area contributed by atoms with Crippen molar-refractivity contribution in [2.45, 2.75) is 33.3 Å². The highest BCUT2D eigenvalue weighted by Gasteiger charge is 2.18. The first kappa shape index (κ1) is 17.9. The summed E-state index contributed by atoms with van der Waals surface area (Å²) in [6.45, 7) is 6.76. The number of amides is 1. The van der Waals surface area contributed by atoms with Crippen LogP contribution in [-0.4, -0.2) is 18.6 Å². The van der Waals surface area contributed by atoms with Crippen LogP contribution in [0.5, 0.6) is 11.5 Å². The van der Waals surface area contributed by atoms with Crippen LogP contribution in [0.15, 0.2) is 54.6 Å². The van der Waals surface area contributed by atoms with E-state index in [0.717, 1.165) is 5.75 Å². The number of ether oxygens (including phenoxy) is 2. The molecule has 0 aliphatic rings. The van der Waals surface area contributed by atoms with Crippen LogP contribution in [0.25, 0.3) is 0 Å². The molecule has 1 N–H and O–H groups in total. The minimum Gasteiger partial charge on any atom is -0.493 e. The molecule has 2 aromatic carbocycles. The summed E-state index contributed by atoms with van der Waals surface area (Å²) in [4.78, 5) is 12.4. The Balaban J connectivity index is 1.98. The highest BCUT2D eigenvalue weighted by Crippen LogP contribution is 2.19. The topological polar surface area (TPSA) is 47.6 Å². The van der Waals surface area contributed by atoms with Crippen LogP contribution in [0.1, 0.15) is 27.2 Å². The van der Waals surface area contributed by atoms with E-state index in [1.165, 1.54) is 0 Å². The standard InChI is InChI=1S/C20H25NO3/c1-4-19(24-17-10-6-5-7-11-17)20(22)21-16-9-8-12-18(13-16)23-14-15(2)3/h5-13,15,19H,4,14H2,1-3H3,(H,21,22). The molecule has 0 saturated heterocycles. The van der Waals surface area contributed by atoms with Crippen LogP contribution in [-0.2, 0) is 4.79 Å². The van der Waals surface area contributed by atoms with Crippen molar-refractivity contribution in [3.63, 3.8) is 0 Å². The fraction of sp³-hybridized carbons (Fsp3) is 0.350. The summed E-state index contributed by atoms with van der Waals surface area (Å²) in [6.07, 6.45) is 0.0530. The van der Waals surface area contributed by atoms with E-state index in [0.29, 0.717) is 30.4 Å². The molecule has 0 radical (unpaired) electrons. The molecule has 0 heterocycles. The summed E-state index contributed by atoms with van der Waals surface area (Å²) < 4.78 is 11.5. The van der Waals surface area contributed by atoms with Gasteiger partial charge in [-0.15, -0.1) is 0 Å². The van der Waals surface area contributed by atoms with Crippen LogP contribution >= 0.6 is 0 Å². The Hall–Kier alpha value is -2.49. The van der Waals surface area contributed by atoms with Crippen LogP contribution in [0.4, 0.5) is 5.69 Å². The largest absolute Gasteiger partial charge is 0.493 e. The summed E-state index contributed by atoms with van der Waals surface area (Å²) in [5.41, 5.74) is 0.705. The first-order chi connectivity index (χ1) is 11.6. The maximum Gasteiger partial charge on any atom is 0.265 e. The highest BCUT2D eigenvalue weighted by atomic mass is 16.5. The molecule has 0 aliphatic carbocycles. The monoisotopic (exact) mass is 327 g/mol. The molecule has 0 spiro atoms. The van der Waals surface area contributed by atoms with Gasteiger partial charge in [-0.3, -0.25) is 4.79 Å². The molecule has 0 aliphatic heterocycles. The maximum absolute atomic E-state index is 12.4. The number of hydrogen-bond acceptors (Lipinski definition) is 3. The third kappa shape index (κ3) is 5.61. The average Bonchev–Trinajstić information content (AvgIpc) is 2.59. The zero-order valence-electron chi connectivity index (χ0n) is 14.5. The summed E-state index contributed by atoms with van der Waals surface area (Å²) in [5.74, 6) is 1.72. The summed E-state index contributed by atoms with van der Waals surface area (Å²) >= 11 is 0. The van der Waals surface area contributed by atoms with Crippen molar-refractivity contribution in [1.29, 1.82) is 0 Å². The fourth-order valence-electron chi connectivity index (χ4n) is 2.13. The lowest BCUT2D eigenvalue weighted by Gasteiger charge is -2.17. The molecule has 1 unspecified atom stereocenters. The summed E-state index contributed by atoms with van der Waals surface area (Å²) in [7, 11) is 0. The normalized spacial score (nSPS) is 11.8. The molecule has 0 saturated carbocycles. The quantitative estimate of drug-likeness (QED) is 0.775. The highest BCUT2D eigenvalue weighted by molar-refractivity contribution is 5.94. The number of carbonyl (C=O) groups excluding carboxylic acids is 1. The van der Waals surface area contributed by atoms with Gasteiger partial charge in [-0.1, -0.05) is 45.0 Å². The van der Waals surface area contributed by atoms with E-state index in [4.69, 9.17) is 9.47 Å². The van der Waals surface area contributed by atoms with Crippen LogP contribution in [0, 0.1) is 5.92 Å². The average molecular weight is 327 g/mol. The molecular formula is C20H25NO3. The van der Waals surface area contributed by atoms with Gasteiger partial charge in [0.2, 0.25) is 0 Å². The van der Waals surface area contributed by atoms with Gasteiger partial charge in [0.05, 0.1) is 6.61 Å². The Morgan fingerprint density at radius 1 is 1.04 bits per heavy atom. The Morgan fingerprint density at radius 2 is 1.75 bits per heavy atom. The Kier molecular flexibility index (Phi) is 6.67. The van der Waals surface area contributed by atoms with Crippen LogP contribution < -0.4 is 14.8 Å². The van der Waals surface area contributed by atoms with Crippen molar-refractivity contribution in [2.24, 2.45) is 5.92 Å². The van der Waals surface area contributed by atoms with E-state index in [1.54, 1.807) is 0 Å². The molecular weight excluding hydrogens is 302 g/mol. The molecule has 2 aromatic rings. The van der Waals surface area contributed by atoms with Gasteiger partial charge in [0.25, 0.3) is 5.91 Å². The molecule has 1 atom stereocenters. The van der Waals surface area contributed by atoms with Gasteiger partial charge in [-0.05, 0) is 36.6 Å². The maximum atomic E-state index is 12.4. The van der Waals surface area contributed by atoms with Gasteiger partial charge >= 0.3 is 0 Å².